The van der Waals surface area contributed by atoms with Gasteiger partial charge in [-0.3, -0.25) is 9.69 Å². The predicted octanol–water partition coefficient (Wildman–Crippen LogP) is 0.420. The molecule has 2 heterocycles. The molecule has 2 fully saturated rings. The van der Waals surface area contributed by atoms with Crippen LogP contribution in [-0.2, 0) is 4.79 Å². The zero-order valence-electron chi connectivity index (χ0n) is 10.2. The molecule has 0 aromatic heterocycles. The second kappa shape index (κ2) is 5.15. The minimum absolute atomic E-state index is 0.270. The Morgan fingerprint density at radius 3 is 2.75 bits per heavy atom. The summed E-state index contributed by atoms with van der Waals surface area (Å²) in [6, 6.07) is 0.698. The minimum Gasteiger partial charge on any atom is -0.339 e. The average Bonchev–Trinajstić information content (AvgIpc) is 2.64. The van der Waals surface area contributed by atoms with Crippen molar-refractivity contribution < 1.29 is 4.79 Å². The minimum atomic E-state index is 0.270. The molecule has 2 rings (SSSR count). The summed E-state index contributed by atoms with van der Waals surface area (Å²) in [5.74, 6) is 0.293. The van der Waals surface area contributed by atoms with E-state index in [-0.39, 0.29) is 6.04 Å². The molecular formula is C12H23N3O. The first-order valence-corrected chi connectivity index (χ1v) is 6.44. The zero-order chi connectivity index (χ0) is 11.5. The lowest BCUT2D eigenvalue weighted by Gasteiger charge is -2.34. The molecule has 1 unspecified atom stereocenters. The quantitative estimate of drug-likeness (QED) is 0.741. The van der Waals surface area contributed by atoms with Crippen LogP contribution in [0, 0.1) is 0 Å². The fraction of sp³-hybridized carbons (Fsp3) is 0.917. The van der Waals surface area contributed by atoms with Crippen molar-refractivity contribution in [3.8, 4) is 0 Å². The van der Waals surface area contributed by atoms with Gasteiger partial charge < -0.3 is 10.6 Å². The van der Waals surface area contributed by atoms with Crippen LogP contribution in [0.25, 0.3) is 0 Å². The van der Waals surface area contributed by atoms with Gasteiger partial charge in [-0.05, 0) is 32.6 Å². The molecule has 0 aromatic rings. The topological polar surface area (TPSA) is 49.6 Å². The predicted molar refractivity (Wildman–Crippen MR) is 64.1 cm³/mol. The number of amides is 1. The van der Waals surface area contributed by atoms with Crippen molar-refractivity contribution in [1.29, 1.82) is 0 Å². The summed E-state index contributed by atoms with van der Waals surface area (Å²) < 4.78 is 0. The third kappa shape index (κ3) is 2.74. The molecule has 0 spiro atoms. The molecule has 0 radical (unpaired) electrons. The number of carbonyl (C=O) groups is 1. The van der Waals surface area contributed by atoms with E-state index in [1.165, 1.54) is 6.42 Å². The van der Waals surface area contributed by atoms with E-state index in [2.05, 4.69) is 11.8 Å². The van der Waals surface area contributed by atoms with Crippen LogP contribution in [0.4, 0.5) is 0 Å². The maximum absolute atomic E-state index is 12.1. The summed E-state index contributed by atoms with van der Waals surface area (Å²) >= 11 is 0. The van der Waals surface area contributed by atoms with E-state index in [0.717, 1.165) is 38.9 Å². The number of carbonyl (C=O) groups excluding carboxylic acids is 1. The molecule has 2 atom stereocenters. The standard InChI is InChI=1S/C12H23N3O/c1-10-4-2-3-6-15(10)12(16)9-14-7-5-11(13)8-14/h10-11H,2-9,13H2,1H3/t10?,11-/m0/s1. The maximum atomic E-state index is 12.1. The summed E-state index contributed by atoms with van der Waals surface area (Å²) in [6.45, 7) is 5.54. The molecule has 0 bridgehead atoms. The highest BCUT2D eigenvalue weighted by Crippen LogP contribution is 2.17. The Bertz CT molecular complexity index is 257. The van der Waals surface area contributed by atoms with Crippen LogP contribution in [0.15, 0.2) is 0 Å². The van der Waals surface area contributed by atoms with E-state index >= 15 is 0 Å². The monoisotopic (exact) mass is 225 g/mol. The molecule has 2 aliphatic heterocycles. The van der Waals surface area contributed by atoms with Crippen LogP contribution in [0.1, 0.15) is 32.6 Å². The highest BCUT2D eigenvalue weighted by atomic mass is 16.2. The van der Waals surface area contributed by atoms with Gasteiger partial charge in [-0.1, -0.05) is 0 Å². The van der Waals surface area contributed by atoms with E-state index in [9.17, 15) is 4.79 Å². The van der Waals surface area contributed by atoms with Crippen molar-refractivity contribution in [3.05, 3.63) is 0 Å². The molecule has 2 saturated heterocycles. The number of hydrogen-bond acceptors (Lipinski definition) is 3. The molecule has 0 aromatic carbocycles. The molecule has 4 nitrogen and oxygen atoms in total. The summed E-state index contributed by atoms with van der Waals surface area (Å²) in [5, 5.41) is 0. The fourth-order valence-corrected chi connectivity index (χ4v) is 2.76. The average molecular weight is 225 g/mol. The number of nitrogens with zero attached hydrogens (tertiary/aromatic N) is 2. The summed E-state index contributed by atoms with van der Waals surface area (Å²) in [4.78, 5) is 16.4. The number of rotatable bonds is 2. The maximum Gasteiger partial charge on any atom is 0.236 e. The van der Waals surface area contributed by atoms with Gasteiger partial charge in [-0.15, -0.1) is 0 Å². The lowest BCUT2D eigenvalue weighted by molar-refractivity contribution is -0.135. The van der Waals surface area contributed by atoms with E-state index in [4.69, 9.17) is 5.73 Å². The highest BCUT2D eigenvalue weighted by molar-refractivity contribution is 5.78. The first-order chi connectivity index (χ1) is 7.66. The molecule has 92 valence electrons. The Hall–Kier alpha value is -0.610. The lowest BCUT2D eigenvalue weighted by Crippen LogP contribution is -2.46. The smallest absolute Gasteiger partial charge is 0.236 e. The SMILES string of the molecule is CC1CCCCN1C(=O)CN1CC[C@H](N)C1. The van der Waals surface area contributed by atoms with Gasteiger partial charge in [0.15, 0.2) is 0 Å². The van der Waals surface area contributed by atoms with Crippen LogP contribution >= 0.6 is 0 Å². The molecule has 2 aliphatic rings. The Morgan fingerprint density at radius 1 is 1.31 bits per heavy atom. The first-order valence-electron chi connectivity index (χ1n) is 6.44. The van der Waals surface area contributed by atoms with Gasteiger partial charge >= 0.3 is 0 Å². The van der Waals surface area contributed by atoms with Gasteiger partial charge in [-0.2, -0.15) is 0 Å². The number of piperidine rings is 1. The molecule has 0 saturated carbocycles. The Morgan fingerprint density at radius 2 is 2.12 bits per heavy atom. The van der Waals surface area contributed by atoms with Crippen LogP contribution in [0.3, 0.4) is 0 Å². The normalized spacial score (nSPS) is 32.0. The number of likely N-dealkylation sites (tertiary alicyclic amines) is 2. The van der Waals surface area contributed by atoms with E-state index in [1.54, 1.807) is 0 Å². The third-order valence-corrected chi connectivity index (χ3v) is 3.79. The third-order valence-electron chi connectivity index (χ3n) is 3.79. The number of nitrogens with two attached hydrogens (primary N) is 1. The largest absolute Gasteiger partial charge is 0.339 e. The fourth-order valence-electron chi connectivity index (χ4n) is 2.76. The highest BCUT2D eigenvalue weighted by Gasteiger charge is 2.27. The zero-order valence-corrected chi connectivity index (χ0v) is 10.2. The van der Waals surface area contributed by atoms with Gasteiger partial charge in [0.1, 0.15) is 0 Å². The van der Waals surface area contributed by atoms with Crippen molar-refractivity contribution in [2.75, 3.05) is 26.2 Å². The Balaban J connectivity index is 1.82. The second-order valence-electron chi connectivity index (χ2n) is 5.22. The van der Waals surface area contributed by atoms with Crippen LogP contribution in [0.2, 0.25) is 0 Å². The van der Waals surface area contributed by atoms with Crippen molar-refractivity contribution in [1.82, 2.24) is 9.80 Å². The van der Waals surface area contributed by atoms with Crippen LogP contribution in [-0.4, -0.2) is 54.0 Å². The Kier molecular flexibility index (Phi) is 3.82. The van der Waals surface area contributed by atoms with Crippen LogP contribution < -0.4 is 5.73 Å². The van der Waals surface area contributed by atoms with Crippen molar-refractivity contribution >= 4 is 5.91 Å². The van der Waals surface area contributed by atoms with E-state index < -0.39 is 0 Å². The van der Waals surface area contributed by atoms with Crippen molar-refractivity contribution in [2.45, 2.75) is 44.7 Å². The molecule has 0 aliphatic carbocycles. The molecule has 2 N–H and O–H groups in total. The summed E-state index contributed by atoms with van der Waals surface area (Å²) in [5.41, 5.74) is 5.84. The van der Waals surface area contributed by atoms with Gasteiger partial charge in [0, 0.05) is 31.7 Å². The van der Waals surface area contributed by atoms with Gasteiger partial charge in [0.2, 0.25) is 5.91 Å². The second-order valence-corrected chi connectivity index (χ2v) is 5.22. The Labute approximate surface area is 97.8 Å². The van der Waals surface area contributed by atoms with Crippen LogP contribution in [0.5, 0.6) is 0 Å². The van der Waals surface area contributed by atoms with Crippen molar-refractivity contribution in [3.63, 3.8) is 0 Å². The van der Waals surface area contributed by atoms with Crippen molar-refractivity contribution in [2.24, 2.45) is 5.73 Å². The molecule has 1 amide bonds. The molecule has 16 heavy (non-hydrogen) atoms. The van der Waals surface area contributed by atoms with E-state index in [1.807, 2.05) is 4.90 Å². The number of hydrogen-bond donors (Lipinski definition) is 1. The van der Waals surface area contributed by atoms with Gasteiger partial charge in [-0.25, -0.2) is 0 Å². The lowest BCUT2D eigenvalue weighted by atomic mass is 10.0. The molecule has 4 heteroatoms. The summed E-state index contributed by atoms with van der Waals surface area (Å²) in [6.07, 6.45) is 4.61. The van der Waals surface area contributed by atoms with E-state index in [0.29, 0.717) is 18.5 Å². The van der Waals surface area contributed by atoms with Gasteiger partial charge in [0.05, 0.1) is 6.54 Å². The van der Waals surface area contributed by atoms with Gasteiger partial charge in [0.25, 0.3) is 0 Å². The summed E-state index contributed by atoms with van der Waals surface area (Å²) in [7, 11) is 0. The first kappa shape index (κ1) is 11.9. The molecular weight excluding hydrogens is 202 g/mol.